The second-order valence-corrected chi connectivity index (χ2v) is 5.73. The predicted octanol–water partition coefficient (Wildman–Crippen LogP) is 2.07. The molecule has 1 aromatic rings. The van der Waals surface area contributed by atoms with Gasteiger partial charge >= 0.3 is 0 Å². The molecule has 2 bridgehead atoms. The van der Waals surface area contributed by atoms with Gasteiger partial charge in [-0.2, -0.15) is 0 Å². The molecule has 3 heteroatoms. The molecule has 1 N–H and O–H groups in total. The van der Waals surface area contributed by atoms with Crippen LogP contribution in [-0.2, 0) is 10.3 Å². The third kappa shape index (κ3) is 1.02. The Kier molecular flexibility index (Phi) is 1.97. The van der Waals surface area contributed by atoms with Gasteiger partial charge in [0.1, 0.15) is 5.60 Å². The van der Waals surface area contributed by atoms with E-state index in [1.54, 1.807) is 0 Å². The number of carbonyl (C=O) groups is 1. The molecule has 1 saturated heterocycles. The fourth-order valence-corrected chi connectivity index (χ4v) is 4.23. The highest BCUT2D eigenvalue weighted by atomic mass is 16.5. The first-order chi connectivity index (χ1) is 8.75. The monoisotopic (exact) mass is 243 g/mol. The Hall–Kier alpha value is -1.35. The van der Waals surface area contributed by atoms with Gasteiger partial charge in [0.05, 0.1) is 6.04 Å². The molecular weight excluding hydrogens is 226 g/mol. The molecule has 1 amide bonds. The minimum absolute atomic E-state index is 0.0635. The van der Waals surface area contributed by atoms with Gasteiger partial charge in [-0.1, -0.05) is 25.1 Å². The Labute approximate surface area is 107 Å². The van der Waals surface area contributed by atoms with Crippen molar-refractivity contribution in [3.8, 4) is 0 Å². The Bertz CT molecular complexity index is 527. The lowest BCUT2D eigenvalue weighted by atomic mass is 9.53. The van der Waals surface area contributed by atoms with E-state index in [0.29, 0.717) is 11.8 Å². The fourth-order valence-electron chi connectivity index (χ4n) is 4.23. The quantitative estimate of drug-likeness (QED) is 0.757. The third-order valence-corrected chi connectivity index (χ3v) is 5.11. The van der Waals surface area contributed by atoms with E-state index in [0.717, 1.165) is 30.6 Å². The van der Waals surface area contributed by atoms with Crippen LogP contribution >= 0.6 is 0 Å². The second-order valence-electron chi connectivity index (χ2n) is 5.73. The van der Waals surface area contributed by atoms with Crippen LogP contribution < -0.4 is 5.32 Å². The number of amides is 1. The molecule has 4 rings (SSSR count). The number of ether oxygens (including phenoxy) is 1. The SMILES string of the molecule is C[C@H]1[C@H]2CCCO[C@@]13c1ccccc1C(=O)N[C@@H]23. The van der Waals surface area contributed by atoms with Crippen LogP contribution in [0, 0.1) is 11.8 Å². The molecule has 0 radical (unpaired) electrons. The molecule has 0 unspecified atom stereocenters. The van der Waals surface area contributed by atoms with Crippen LogP contribution in [0.5, 0.6) is 0 Å². The zero-order valence-corrected chi connectivity index (χ0v) is 10.5. The van der Waals surface area contributed by atoms with Crippen LogP contribution in [0.15, 0.2) is 24.3 Å². The average molecular weight is 243 g/mol. The van der Waals surface area contributed by atoms with Gasteiger partial charge in [0, 0.05) is 12.2 Å². The Balaban J connectivity index is 1.93. The van der Waals surface area contributed by atoms with Crippen LogP contribution in [0.25, 0.3) is 0 Å². The zero-order chi connectivity index (χ0) is 12.3. The summed E-state index contributed by atoms with van der Waals surface area (Å²) in [5, 5.41) is 3.17. The molecule has 2 fully saturated rings. The lowest BCUT2D eigenvalue weighted by molar-refractivity contribution is -0.190. The second kappa shape index (κ2) is 3.35. The minimum Gasteiger partial charge on any atom is -0.368 e. The van der Waals surface area contributed by atoms with Crippen molar-refractivity contribution in [2.24, 2.45) is 11.8 Å². The van der Waals surface area contributed by atoms with Gasteiger partial charge in [0.25, 0.3) is 5.91 Å². The topological polar surface area (TPSA) is 38.3 Å². The van der Waals surface area contributed by atoms with E-state index in [2.05, 4.69) is 18.3 Å². The Morgan fingerprint density at radius 2 is 2.22 bits per heavy atom. The maximum absolute atomic E-state index is 12.2. The van der Waals surface area contributed by atoms with Crippen molar-refractivity contribution in [2.75, 3.05) is 6.61 Å². The highest BCUT2D eigenvalue weighted by Gasteiger charge is 2.65. The lowest BCUT2D eigenvalue weighted by Gasteiger charge is -2.60. The minimum atomic E-state index is -0.258. The molecule has 2 aliphatic heterocycles. The van der Waals surface area contributed by atoms with E-state index < -0.39 is 0 Å². The maximum Gasteiger partial charge on any atom is 0.252 e. The molecular formula is C15H17NO2. The number of benzene rings is 1. The van der Waals surface area contributed by atoms with E-state index in [1.807, 2.05) is 18.2 Å². The molecule has 3 aliphatic rings. The van der Waals surface area contributed by atoms with Crippen molar-refractivity contribution in [3.05, 3.63) is 35.4 Å². The van der Waals surface area contributed by atoms with Gasteiger partial charge in [-0.15, -0.1) is 0 Å². The molecule has 1 aromatic carbocycles. The van der Waals surface area contributed by atoms with E-state index >= 15 is 0 Å². The summed E-state index contributed by atoms with van der Waals surface area (Å²) >= 11 is 0. The van der Waals surface area contributed by atoms with Crippen molar-refractivity contribution >= 4 is 5.91 Å². The molecule has 1 spiro atoms. The molecule has 18 heavy (non-hydrogen) atoms. The van der Waals surface area contributed by atoms with Crippen LogP contribution in [0.3, 0.4) is 0 Å². The van der Waals surface area contributed by atoms with Crippen LogP contribution in [0.1, 0.15) is 35.7 Å². The summed E-state index contributed by atoms with van der Waals surface area (Å²) in [6, 6.07) is 8.09. The summed E-state index contributed by atoms with van der Waals surface area (Å²) in [7, 11) is 0. The first-order valence-electron chi connectivity index (χ1n) is 6.79. The normalized spacial score (nSPS) is 40.9. The maximum atomic E-state index is 12.2. The van der Waals surface area contributed by atoms with Crippen LogP contribution in [0.4, 0.5) is 0 Å². The molecule has 0 aromatic heterocycles. The number of nitrogens with one attached hydrogen (secondary N) is 1. The molecule has 1 aliphatic carbocycles. The number of fused-ring (bicyclic) bond motifs is 3. The summed E-state index contributed by atoms with van der Waals surface area (Å²) in [6.45, 7) is 3.07. The molecule has 1 saturated carbocycles. The standard InChI is InChI=1S/C15H17NO2/c1-9-10-6-4-8-18-15(9)12-7-3-2-5-11(12)14(17)16-13(10)15/h2-3,5,7,9-10,13H,4,6,8H2,1H3,(H,16,17)/t9-,10+,13-,15+/m0/s1. The zero-order valence-electron chi connectivity index (χ0n) is 10.5. The Morgan fingerprint density at radius 1 is 1.39 bits per heavy atom. The highest BCUT2D eigenvalue weighted by molar-refractivity contribution is 5.98. The smallest absolute Gasteiger partial charge is 0.252 e. The average Bonchev–Trinajstić information content (AvgIpc) is 2.70. The summed E-state index contributed by atoms with van der Waals surface area (Å²) in [5.74, 6) is 1.13. The number of carbonyl (C=O) groups excluding carboxylic acids is 1. The van der Waals surface area contributed by atoms with Crippen LogP contribution in [-0.4, -0.2) is 18.6 Å². The van der Waals surface area contributed by atoms with Crippen molar-refractivity contribution in [1.82, 2.24) is 5.32 Å². The number of hydrogen-bond acceptors (Lipinski definition) is 2. The first kappa shape index (κ1) is 10.6. The van der Waals surface area contributed by atoms with Gasteiger partial charge in [-0.25, -0.2) is 0 Å². The highest BCUT2D eigenvalue weighted by Crippen LogP contribution is 2.58. The van der Waals surface area contributed by atoms with E-state index in [1.165, 1.54) is 0 Å². The van der Waals surface area contributed by atoms with Gasteiger partial charge in [-0.05, 0) is 36.3 Å². The van der Waals surface area contributed by atoms with Gasteiger partial charge < -0.3 is 10.1 Å². The predicted molar refractivity (Wildman–Crippen MR) is 67.2 cm³/mol. The van der Waals surface area contributed by atoms with Crippen molar-refractivity contribution in [3.63, 3.8) is 0 Å². The van der Waals surface area contributed by atoms with Crippen molar-refractivity contribution in [2.45, 2.75) is 31.4 Å². The van der Waals surface area contributed by atoms with E-state index in [-0.39, 0.29) is 17.6 Å². The van der Waals surface area contributed by atoms with Crippen LogP contribution in [0.2, 0.25) is 0 Å². The van der Waals surface area contributed by atoms with E-state index in [9.17, 15) is 4.79 Å². The third-order valence-electron chi connectivity index (χ3n) is 5.11. The number of rotatable bonds is 0. The Morgan fingerprint density at radius 3 is 3.11 bits per heavy atom. The van der Waals surface area contributed by atoms with Gasteiger partial charge in [0.2, 0.25) is 0 Å². The summed E-state index contributed by atoms with van der Waals surface area (Å²) in [4.78, 5) is 12.2. The summed E-state index contributed by atoms with van der Waals surface area (Å²) < 4.78 is 6.23. The van der Waals surface area contributed by atoms with Crippen molar-refractivity contribution < 1.29 is 9.53 Å². The van der Waals surface area contributed by atoms with Gasteiger partial charge in [-0.3, -0.25) is 4.79 Å². The van der Waals surface area contributed by atoms with Gasteiger partial charge in [0.15, 0.2) is 0 Å². The number of hydrogen-bond donors (Lipinski definition) is 1. The van der Waals surface area contributed by atoms with E-state index in [4.69, 9.17) is 4.74 Å². The molecule has 2 heterocycles. The van der Waals surface area contributed by atoms with Crippen molar-refractivity contribution in [1.29, 1.82) is 0 Å². The lowest BCUT2D eigenvalue weighted by Crippen LogP contribution is -2.72. The largest absolute Gasteiger partial charge is 0.368 e. The fraction of sp³-hybridized carbons (Fsp3) is 0.533. The molecule has 94 valence electrons. The molecule has 4 atom stereocenters. The molecule has 3 nitrogen and oxygen atoms in total. The first-order valence-corrected chi connectivity index (χ1v) is 6.79. The summed E-state index contributed by atoms with van der Waals surface area (Å²) in [5.41, 5.74) is 1.64. The summed E-state index contributed by atoms with van der Waals surface area (Å²) in [6.07, 6.45) is 2.27.